The van der Waals surface area contributed by atoms with E-state index >= 15 is 0 Å². The fourth-order valence-corrected chi connectivity index (χ4v) is 3.12. The molecule has 0 spiro atoms. The van der Waals surface area contributed by atoms with Crippen LogP contribution in [0.1, 0.15) is 31.4 Å². The van der Waals surface area contributed by atoms with Gasteiger partial charge in [0, 0.05) is 14.1 Å². The van der Waals surface area contributed by atoms with Crippen LogP contribution in [-0.2, 0) is 19.6 Å². The summed E-state index contributed by atoms with van der Waals surface area (Å²) < 4.78 is 25.1. The van der Waals surface area contributed by atoms with Crippen LogP contribution >= 0.6 is 0 Å². The van der Waals surface area contributed by atoms with Gasteiger partial charge in [-0.2, -0.15) is 0 Å². The van der Waals surface area contributed by atoms with Crippen LogP contribution in [0.3, 0.4) is 0 Å². The number of rotatable bonds is 6. The lowest BCUT2D eigenvalue weighted by Crippen LogP contribution is -2.38. The maximum atomic E-state index is 12.1. The highest BCUT2D eigenvalue weighted by atomic mass is 32.2. The fraction of sp³-hybridized carbons (Fsp3) is 0.467. The van der Waals surface area contributed by atoms with Crippen molar-refractivity contribution in [1.82, 2.24) is 9.62 Å². The van der Waals surface area contributed by atoms with Crippen LogP contribution in [0.5, 0.6) is 0 Å². The molecule has 1 amide bonds. The minimum Gasteiger partial charge on any atom is -0.480 e. The Morgan fingerprint density at radius 2 is 1.74 bits per heavy atom. The molecule has 0 heterocycles. The first kappa shape index (κ1) is 17.4. The van der Waals surface area contributed by atoms with Gasteiger partial charge in [0.2, 0.25) is 15.9 Å². The minimum absolute atomic E-state index is 0.161. The molecule has 0 bridgehead atoms. The molecular weight excluding hydrogens is 320 g/mol. The third-order valence-electron chi connectivity index (χ3n) is 4.10. The fourth-order valence-electron chi connectivity index (χ4n) is 2.22. The van der Waals surface area contributed by atoms with Gasteiger partial charge in [-0.05, 0) is 37.5 Å². The van der Waals surface area contributed by atoms with Crippen molar-refractivity contribution in [2.75, 3.05) is 14.1 Å². The van der Waals surface area contributed by atoms with Gasteiger partial charge in [-0.25, -0.2) is 12.7 Å². The zero-order chi connectivity index (χ0) is 17.4. The highest BCUT2D eigenvalue weighted by Crippen LogP contribution is 2.46. The van der Waals surface area contributed by atoms with E-state index in [9.17, 15) is 18.0 Å². The summed E-state index contributed by atoms with van der Waals surface area (Å²) in [6.45, 7) is 1.73. The number of carboxylic acids is 1. The molecule has 2 N–H and O–H groups in total. The second-order valence-electron chi connectivity index (χ2n) is 5.94. The van der Waals surface area contributed by atoms with Gasteiger partial charge in [0.25, 0.3) is 0 Å². The van der Waals surface area contributed by atoms with E-state index in [-0.39, 0.29) is 4.90 Å². The topological polar surface area (TPSA) is 104 Å². The van der Waals surface area contributed by atoms with Crippen molar-refractivity contribution < 1.29 is 23.1 Å². The highest BCUT2D eigenvalue weighted by molar-refractivity contribution is 7.89. The lowest BCUT2D eigenvalue weighted by Gasteiger charge is -2.18. The Kier molecular flexibility index (Phi) is 4.50. The molecule has 1 aromatic rings. The van der Waals surface area contributed by atoms with Crippen LogP contribution in [0.15, 0.2) is 29.2 Å². The predicted molar refractivity (Wildman–Crippen MR) is 83.2 cm³/mol. The molecule has 23 heavy (non-hydrogen) atoms. The van der Waals surface area contributed by atoms with E-state index in [0.29, 0.717) is 18.4 Å². The lowest BCUT2D eigenvalue weighted by molar-refractivity contribution is -0.149. The standard InChI is InChI=1S/C15H20N2O5S/c1-10(16-13(18)15(8-9-15)14(19)20)11-4-6-12(7-5-11)23(21,22)17(2)3/h4-7,10H,8-9H2,1-3H3,(H,16,18)(H,19,20). The summed E-state index contributed by atoms with van der Waals surface area (Å²) in [5, 5.41) is 11.8. The number of hydrogen-bond donors (Lipinski definition) is 2. The number of sulfonamides is 1. The smallest absolute Gasteiger partial charge is 0.319 e. The van der Waals surface area contributed by atoms with Crippen molar-refractivity contribution in [3.05, 3.63) is 29.8 Å². The van der Waals surface area contributed by atoms with Crippen molar-refractivity contribution in [2.24, 2.45) is 5.41 Å². The van der Waals surface area contributed by atoms with Crippen LogP contribution in [0.2, 0.25) is 0 Å². The van der Waals surface area contributed by atoms with Crippen molar-refractivity contribution >= 4 is 21.9 Å². The first-order chi connectivity index (χ1) is 10.6. The zero-order valence-corrected chi connectivity index (χ0v) is 14.1. The van der Waals surface area contributed by atoms with Gasteiger partial charge in [0.05, 0.1) is 10.9 Å². The van der Waals surface area contributed by atoms with Crippen LogP contribution in [0.4, 0.5) is 0 Å². The molecule has 1 aliphatic rings. The molecule has 1 atom stereocenters. The van der Waals surface area contributed by atoms with E-state index in [2.05, 4.69) is 5.32 Å². The zero-order valence-electron chi connectivity index (χ0n) is 13.2. The van der Waals surface area contributed by atoms with Crippen LogP contribution < -0.4 is 5.32 Å². The van der Waals surface area contributed by atoms with Crippen molar-refractivity contribution in [2.45, 2.75) is 30.7 Å². The van der Waals surface area contributed by atoms with Gasteiger partial charge in [0.15, 0.2) is 0 Å². The summed E-state index contributed by atoms with van der Waals surface area (Å²) in [5.74, 6) is -1.60. The third-order valence-corrected chi connectivity index (χ3v) is 5.93. The first-order valence-corrected chi connectivity index (χ1v) is 8.62. The Labute approximate surface area is 135 Å². The molecule has 8 heteroatoms. The molecule has 0 aliphatic heterocycles. The Bertz CT molecular complexity index is 721. The number of aliphatic carboxylic acids is 1. The van der Waals surface area contributed by atoms with Gasteiger partial charge >= 0.3 is 5.97 Å². The molecule has 0 aromatic heterocycles. The molecule has 0 radical (unpaired) electrons. The SMILES string of the molecule is CC(NC(=O)C1(C(=O)O)CC1)c1ccc(S(=O)(=O)N(C)C)cc1. The average molecular weight is 340 g/mol. The molecule has 2 rings (SSSR count). The number of benzene rings is 1. The number of hydrogen-bond acceptors (Lipinski definition) is 4. The third kappa shape index (κ3) is 3.23. The van der Waals surface area contributed by atoms with E-state index in [1.54, 1.807) is 19.1 Å². The Balaban J connectivity index is 2.11. The highest BCUT2D eigenvalue weighted by Gasteiger charge is 2.57. The van der Waals surface area contributed by atoms with E-state index in [4.69, 9.17) is 5.11 Å². The number of carbonyl (C=O) groups is 2. The molecule has 7 nitrogen and oxygen atoms in total. The molecule has 1 unspecified atom stereocenters. The number of nitrogens with one attached hydrogen (secondary N) is 1. The second-order valence-corrected chi connectivity index (χ2v) is 8.09. The predicted octanol–water partition coefficient (Wildman–Crippen LogP) is 0.979. The average Bonchev–Trinajstić information content (AvgIpc) is 3.28. The van der Waals surface area contributed by atoms with Crippen molar-refractivity contribution in [1.29, 1.82) is 0 Å². The van der Waals surface area contributed by atoms with E-state index in [0.717, 1.165) is 4.31 Å². The van der Waals surface area contributed by atoms with Gasteiger partial charge in [-0.3, -0.25) is 9.59 Å². The number of nitrogens with zero attached hydrogens (tertiary/aromatic N) is 1. The largest absolute Gasteiger partial charge is 0.480 e. The van der Waals surface area contributed by atoms with Gasteiger partial charge in [-0.1, -0.05) is 12.1 Å². The van der Waals surface area contributed by atoms with E-state index < -0.39 is 33.4 Å². The quantitative estimate of drug-likeness (QED) is 0.751. The number of carboxylic acid groups (broad SMARTS) is 1. The molecule has 1 saturated carbocycles. The van der Waals surface area contributed by atoms with Crippen LogP contribution in [0, 0.1) is 5.41 Å². The van der Waals surface area contributed by atoms with Crippen LogP contribution in [0.25, 0.3) is 0 Å². The second kappa shape index (κ2) is 5.93. The molecule has 0 saturated heterocycles. The normalized spacial score (nSPS) is 17.6. The summed E-state index contributed by atoms with van der Waals surface area (Å²) in [5.41, 5.74) is -0.583. The lowest BCUT2D eigenvalue weighted by atomic mass is 10.0. The summed E-state index contributed by atoms with van der Waals surface area (Å²) >= 11 is 0. The number of amides is 1. The maximum absolute atomic E-state index is 12.1. The summed E-state index contributed by atoms with van der Waals surface area (Å²) in [7, 11) is -0.596. The van der Waals surface area contributed by atoms with Gasteiger partial charge < -0.3 is 10.4 Å². The molecule has 126 valence electrons. The molecule has 1 aliphatic carbocycles. The minimum atomic E-state index is -3.50. The molecular formula is C15H20N2O5S. The Hall–Kier alpha value is -1.93. The Morgan fingerprint density at radius 1 is 1.22 bits per heavy atom. The summed E-state index contributed by atoms with van der Waals surface area (Å²) in [6, 6.07) is 5.76. The van der Waals surface area contributed by atoms with Crippen molar-refractivity contribution in [3.8, 4) is 0 Å². The van der Waals surface area contributed by atoms with Gasteiger partial charge in [0.1, 0.15) is 5.41 Å². The van der Waals surface area contributed by atoms with Crippen molar-refractivity contribution in [3.63, 3.8) is 0 Å². The maximum Gasteiger partial charge on any atom is 0.319 e. The van der Waals surface area contributed by atoms with Gasteiger partial charge in [-0.15, -0.1) is 0 Å². The molecule has 1 fully saturated rings. The Morgan fingerprint density at radius 3 is 2.13 bits per heavy atom. The number of carbonyl (C=O) groups excluding carboxylic acids is 1. The van der Waals surface area contributed by atoms with E-state index in [1.165, 1.54) is 26.2 Å². The monoisotopic (exact) mass is 340 g/mol. The summed E-state index contributed by atoms with van der Waals surface area (Å²) in [4.78, 5) is 23.4. The van der Waals surface area contributed by atoms with Crippen LogP contribution in [-0.4, -0.2) is 43.8 Å². The summed E-state index contributed by atoms with van der Waals surface area (Å²) in [6.07, 6.45) is 0.696. The van der Waals surface area contributed by atoms with E-state index in [1.807, 2.05) is 0 Å². The molecule has 1 aromatic carbocycles. The first-order valence-electron chi connectivity index (χ1n) is 7.18.